The third kappa shape index (κ3) is 34.2. The fourth-order valence-corrected chi connectivity index (χ4v) is 5.13. The lowest BCUT2D eigenvalue weighted by atomic mass is 10.0. The van der Waals surface area contributed by atoms with E-state index in [0.29, 0.717) is 6.42 Å². The normalized spacial score (nSPS) is 15.3. The monoisotopic (exact) mass is 726 g/mol. The summed E-state index contributed by atoms with van der Waals surface area (Å²) in [4.78, 5) is 30.4. The predicted molar refractivity (Wildman–Crippen MR) is 201 cm³/mol. The van der Waals surface area contributed by atoms with Crippen LogP contribution < -0.4 is 0 Å². The molecule has 0 aromatic carbocycles. The summed E-state index contributed by atoms with van der Waals surface area (Å²) in [6.07, 6.45) is 35.1. The maximum atomic E-state index is 12.2. The molecule has 50 heavy (non-hydrogen) atoms. The minimum absolute atomic E-state index is 0.0177. The van der Waals surface area contributed by atoms with E-state index in [1.807, 2.05) is 25.2 Å². The minimum Gasteiger partial charge on any atom is -0.492 e. The average Bonchev–Trinajstić information content (AvgIpc) is 3.08. The molecule has 0 radical (unpaired) electrons. The summed E-state index contributed by atoms with van der Waals surface area (Å²) in [6, 6.07) is 0. The maximum Gasteiger partial charge on any atom is 0.469 e. The molecule has 0 fully saturated rings. The first kappa shape index (κ1) is 47.7. The third-order valence-corrected chi connectivity index (χ3v) is 8.19. The SMILES string of the molecule is CC/C=C\C[C@@H](O)/C=C/C=C/C=C\C=C/[C@H](O)[C@@H](O)CCCC(=O)OC[C@H](COP(=O)(O)O)O/C=C/CCCCCCCCCCCCCC. The zero-order valence-electron chi connectivity index (χ0n) is 30.6. The number of aliphatic hydroxyl groups excluding tert-OH is 3. The van der Waals surface area contributed by atoms with Crippen LogP contribution in [0.5, 0.6) is 0 Å². The van der Waals surface area contributed by atoms with Crippen molar-refractivity contribution in [2.75, 3.05) is 13.2 Å². The van der Waals surface area contributed by atoms with Crippen molar-refractivity contribution in [2.45, 2.75) is 154 Å². The van der Waals surface area contributed by atoms with Gasteiger partial charge in [0.05, 0.1) is 31.2 Å². The number of phosphoric ester groups is 1. The molecular weight excluding hydrogens is 659 g/mol. The lowest BCUT2D eigenvalue weighted by Gasteiger charge is -2.17. The minimum atomic E-state index is -4.73. The van der Waals surface area contributed by atoms with Gasteiger partial charge in [0.15, 0.2) is 6.10 Å². The summed E-state index contributed by atoms with van der Waals surface area (Å²) in [5.74, 6) is -0.568. The van der Waals surface area contributed by atoms with Crippen molar-refractivity contribution < 1.29 is 48.5 Å². The summed E-state index contributed by atoms with van der Waals surface area (Å²) < 4.78 is 26.5. The summed E-state index contributed by atoms with van der Waals surface area (Å²) in [5.41, 5.74) is 0. The number of phosphoric acid groups is 1. The number of carbonyl (C=O) groups is 1. The summed E-state index contributed by atoms with van der Waals surface area (Å²) in [6.45, 7) is 3.55. The highest BCUT2D eigenvalue weighted by molar-refractivity contribution is 7.46. The van der Waals surface area contributed by atoms with E-state index in [2.05, 4.69) is 11.4 Å². The maximum absolute atomic E-state index is 12.2. The van der Waals surface area contributed by atoms with E-state index >= 15 is 0 Å². The van der Waals surface area contributed by atoms with Gasteiger partial charge in [0.1, 0.15) is 6.61 Å². The van der Waals surface area contributed by atoms with Crippen molar-refractivity contribution in [2.24, 2.45) is 0 Å². The van der Waals surface area contributed by atoms with Gasteiger partial charge in [0.25, 0.3) is 0 Å². The van der Waals surface area contributed by atoms with Crippen molar-refractivity contribution in [1.29, 1.82) is 0 Å². The van der Waals surface area contributed by atoms with Crippen LogP contribution in [0.15, 0.2) is 73.1 Å². The van der Waals surface area contributed by atoms with Crippen molar-refractivity contribution in [3.05, 3.63) is 73.1 Å². The van der Waals surface area contributed by atoms with E-state index in [-0.39, 0.29) is 25.9 Å². The molecule has 0 aromatic rings. The fourth-order valence-electron chi connectivity index (χ4n) is 4.77. The van der Waals surface area contributed by atoms with E-state index in [4.69, 9.17) is 19.3 Å². The van der Waals surface area contributed by atoms with Gasteiger partial charge in [0, 0.05) is 6.42 Å². The highest BCUT2D eigenvalue weighted by Crippen LogP contribution is 2.35. The van der Waals surface area contributed by atoms with Gasteiger partial charge in [0.2, 0.25) is 0 Å². The largest absolute Gasteiger partial charge is 0.492 e. The molecule has 0 heterocycles. The van der Waals surface area contributed by atoms with Crippen LogP contribution in [0.25, 0.3) is 0 Å². The number of esters is 1. The summed E-state index contributed by atoms with van der Waals surface area (Å²) in [7, 11) is -4.73. The summed E-state index contributed by atoms with van der Waals surface area (Å²) in [5, 5.41) is 30.2. The molecule has 0 amide bonds. The van der Waals surface area contributed by atoms with Crippen LogP contribution in [0, 0.1) is 0 Å². The average molecular weight is 727 g/mol. The predicted octanol–water partition coefficient (Wildman–Crippen LogP) is 8.46. The first-order chi connectivity index (χ1) is 24.1. The Kier molecular flexibility index (Phi) is 32.3. The van der Waals surface area contributed by atoms with Crippen LogP contribution >= 0.6 is 7.82 Å². The van der Waals surface area contributed by atoms with Gasteiger partial charge in [-0.2, -0.15) is 0 Å². The second-order valence-corrected chi connectivity index (χ2v) is 13.7. The van der Waals surface area contributed by atoms with Gasteiger partial charge in [-0.1, -0.05) is 145 Å². The van der Waals surface area contributed by atoms with Gasteiger partial charge in [-0.15, -0.1) is 0 Å². The molecule has 0 aromatic heterocycles. The van der Waals surface area contributed by atoms with Gasteiger partial charge in [-0.05, 0) is 44.6 Å². The summed E-state index contributed by atoms with van der Waals surface area (Å²) >= 11 is 0. The van der Waals surface area contributed by atoms with Gasteiger partial charge in [-0.3, -0.25) is 9.32 Å². The van der Waals surface area contributed by atoms with Crippen molar-refractivity contribution in [1.82, 2.24) is 0 Å². The Hall–Kier alpha value is -2.30. The van der Waals surface area contributed by atoms with E-state index in [1.54, 1.807) is 42.5 Å². The van der Waals surface area contributed by atoms with Crippen molar-refractivity contribution >= 4 is 13.8 Å². The van der Waals surface area contributed by atoms with Gasteiger partial charge in [-0.25, -0.2) is 4.57 Å². The first-order valence-electron chi connectivity index (χ1n) is 18.6. The van der Waals surface area contributed by atoms with Gasteiger partial charge >= 0.3 is 13.8 Å². The molecule has 0 saturated carbocycles. The standard InChI is InChI=1S/C39H67O10P/c1-3-5-7-8-9-10-11-12-13-14-15-18-21-25-32-47-36(34-49-50(44,45)46)33-48-39(43)31-26-30-38(42)37(41)29-24-20-17-16-19-23-28-35(40)27-22-6-4-2/h6,16-17,19-20,22-25,28-29,32,35-38,40-42H,3-5,7-15,18,21,26-27,30-31,33-34H2,1-2H3,(H2,44,45,46)/b19-16+,20-17-,22-6-,28-23+,29-24-,32-25+/t35-,36-,37+,38+/m1/s1. The molecule has 0 aliphatic carbocycles. The number of carbonyl (C=O) groups excluding carboxylic acids is 1. The first-order valence-corrected chi connectivity index (χ1v) is 20.2. The van der Waals surface area contributed by atoms with E-state index in [0.717, 1.165) is 25.7 Å². The molecule has 0 aliphatic rings. The number of allylic oxidation sites excluding steroid dienone is 8. The van der Waals surface area contributed by atoms with Crippen LogP contribution in [0.3, 0.4) is 0 Å². The molecule has 0 rings (SSSR count). The number of ether oxygens (including phenoxy) is 2. The Labute approximate surface area is 301 Å². The number of aliphatic hydroxyl groups is 3. The van der Waals surface area contributed by atoms with Crippen molar-refractivity contribution in [3.63, 3.8) is 0 Å². The van der Waals surface area contributed by atoms with Crippen LogP contribution in [-0.4, -0.2) is 68.7 Å². The smallest absolute Gasteiger partial charge is 0.469 e. The molecule has 288 valence electrons. The number of unbranched alkanes of at least 4 members (excludes halogenated alkanes) is 12. The topological polar surface area (TPSA) is 163 Å². The van der Waals surface area contributed by atoms with Crippen LogP contribution in [0.2, 0.25) is 0 Å². The Balaban J connectivity index is 4.28. The highest BCUT2D eigenvalue weighted by Gasteiger charge is 2.20. The lowest BCUT2D eigenvalue weighted by molar-refractivity contribution is -0.147. The fraction of sp³-hybridized carbons (Fsp3) is 0.667. The molecule has 0 unspecified atom stereocenters. The molecule has 5 N–H and O–H groups in total. The molecule has 10 nitrogen and oxygen atoms in total. The Morgan fingerprint density at radius 2 is 1.28 bits per heavy atom. The second kappa shape index (κ2) is 33.8. The molecule has 11 heteroatoms. The van der Waals surface area contributed by atoms with E-state index in [1.165, 1.54) is 76.5 Å². The molecule has 0 spiro atoms. The van der Waals surface area contributed by atoms with Gasteiger partial charge < -0.3 is 34.6 Å². The highest BCUT2D eigenvalue weighted by atomic mass is 31.2. The molecule has 0 bridgehead atoms. The number of hydrogen-bond donors (Lipinski definition) is 5. The molecule has 0 aliphatic heterocycles. The van der Waals surface area contributed by atoms with E-state index in [9.17, 15) is 24.7 Å². The number of rotatable bonds is 33. The van der Waals surface area contributed by atoms with Crippen LogP contribution in [0.4, 0.5) is 0 Å². The third-order valence-electron chi connectivity index (χ3n) is 7.70. The van der Waals surface area contributed by atoms with Crippen LogP contribution in [-0.2, 0) is 23.4 Å². The lowest BCUT2D eigenvalue weighted by Crippen LogP contribution is -2.26. The van der Waals surface area contributed by atoms with Crippen LogP contribution in [0.1, 0.15) is 129 Å². The number of hydrogen-bond acceptors (Lipinski definition) is 8. The Bertz CT molecular complexity index is 1030. The molecule has 0 saturated heterocycles. The van der Waals surface area contributed by atoms with E-state index < -0.39 is 44.8 Å². The molecule has 4 atom stereocenters. The second-order valence-electron chi connectivity index (χ2n) is 12.4. The van der Waals surface area contributed by atoms with Crippen molar-refractivity contribution in [3.8, 4) is 0 Å². The Morgan fingerprint density at radius 1 is 0.700 bits per heavy atom. The Morgan fingerprint density at radius 3 is 1.88 bits per heavy atom. The zero-order valence-corrected chi connectivity index (χ0v) is 31.5. The zero-order chi connectivity index (χ0) is 37.1. The quantitative estimate of drug-likeness (QED) is 0.0111. The molecular formula is C39H67O10P.